The molecule has 3 rings (SSSR count). The van der Waals surface area contributed by atoms with Crippen LogP contribution in [-0.2, 0) is 33.3 Å². The van der Waals surface area contributed by atoms with Gasteiger partial charge in [-0.3, -0.25) is 0 Å². The van der Waals surface area contributed by atoms with E-state index in [1.54, 1.807) is 0 Å². The molecule has 1 aliphatic rings. The molecule has 0 radical (unpaired) electrons. The van der Waals surface area contributed by atoms with Gasteiger partial charge < -0.3 is 19.4 Å². The minimum atomic E-state index is 0. The summed E-state index contributed by atoms with van der Waals surface area (Å²) in [7, 11) is 0. The molecule has 0 aliphatic carbocycles. The van der Waals surface area contributed by atoms with E-state index in [0.29, 0.717) is 0 Å². The van der Waals surface area contributed by atoms with Crippen molar-refractivity contribution < 1.29 is 25.1 Å². The average molecular weight is 1240 g/mol. The second-order valence-electron chi connectivity index (χ2n) is 25.7. The van der Waals surface area contributed by atoms with Crippen molar-refractivity contribution in [2.45, 2.75) is 401 Å². The number of aryl methyl sites for hydroxylation is 2. The van der Waals surface area contributed by atoms with Crippen molar-refractivity contribution in [3.8, 4) is 0 Å². The molecule has 3 heteroatoms. The molecule has 0 fully saturated rings. The van der Waals surface area contributed by atoms with Crippen LogP contribution in [0.5, 0.6) is 0 Å². The first kappa shape index (κ1) is 81.2. The van der Waals surface area contributed by atoms with E-state index >= 15 is 0 Å². The van der Waals surface area contributed by atoms with Gasteiger partial charge in [0.15, 0.2) is 0 Å². The van der Waals surface area contributed by atoms with Crippen molar-refractivity contribution in [2.75, 3.05) is 0 Å². The van der Waals surface area contributed by atoms with Crippen molar-refractivity contribution >= 4 is 11.4 Å². The van der Waals surface area contributed by atoms with Crippen LogP contribution in [0.3, 0.4) is 0 Å². The summed E-state index contributed by atoms with van der Waals surface area (Å²) in [5, 5.41) is 0. The van der Waals surface area contributed by atoms with Crippen LogP contribution in [-0.4, -0.2) is 4.70 Å². The second-order valence-corrected chi connectivity index (χ2v) is 25.7. The van der Waals surface area contributed by atoms with E-state index < -0.39 is 0 Å². The molecule has 0 bridgehead atoms. The normalized spacial score (nSPS) is 12.1. The molecule has 2 nitrogen and oxygen atoms in total. The Morgan fingerprint density at radius 2 is 0.554 bits per heavy atom. The SMILES string of the molecule is CCCCCCC1=C(c2cccc(CCCC)c2)[N+](=[N-])C(c2cccc(CCCC)c2)=C1.[CH2-]CCCCCCCCCCCCCCCCCCCCCCCC.[CH2-]CCCCCCCCCCCCCCCCCCCCCCCC.[Pd+2]. The zero-order chi connectivity index (χ0) is 59.3. The Balaban J connectivity index is 0.00000123. The Hall–Kier alpha value is -1.82. The molecule has 2 aromatic carbocycles. The van der Waals surface area contributed by atoms with Gasteiger partial charge in [0.05, 0.1) is 0 Å². The topological polar surface area (TPSA) is 25.3 Å². The molecule has 0 N–H and O–H groups in total. The molecule has 482 valence electrons. The summed E-state index contributed by atoms with van der Waals surface area (Å²) in [4.78, 5) is 0. The maximum atomic E-state index is 11.4. The first-order valence-corrected chi connectivity index (χ1v) is 37.2. The van der Waals surface area contributed by atoms with E-state index in [4.69, 9.17) is 0 Å². The average Bonchev–Trinajstić information content (AvgIpc) is 3.05. The number of hydrogen-bond donors (Lipinski definition) is 0. The van der Waals surface area contributed by atoms with Crippen LogP contribution in [0.1, 0.15) is 410 Å². The van der Waals surface area contributed by atoms with Crippen molar-refractivity contribution in [3.05, 3.63) is 102 Å². The predicted octanol–water partition coefficient (Wildman–Crippen LogP) is 28.8. The van der Waals surface area contributed by atoms with Gasteiger partial charge in [0.1, 0.15) is 0 Å². The summed E-state index contributed by atoms with van der Waals surface area (Å²) in [6, 6.07) is 17.5. The standard InChI is InChI=1S/C30H40N2.2C25H51.Pd/c1-4-7-10-11-18-28-23-29(26-19-12-16-24(21-26)14-8-5-2)32(31)30(28)27-20-13-17-25(22-27)15-9-6-3;2*1-3-5-7-9-11-13-15-17-19-21-23-25-24-22-20-18-16-14-12-10-8-6-4-2;/h12-13,16-17,19-23H,4-11,14-15,18H2,1-3H3;2*1,3-25H2,2H3;/q;2*-1;+2. The van der Waals surface area contributed by atoms with Gasteiger partial charge in [0, 0.05) is 22.8 Å². The van der Waals surface area contributed by atoms with Crippen LogP contribution in [0.4, 0.5) is 0 Å². The zero-order valence-corrected chi connectivity index (χ0v) is 58.2. The molecule has 1 aliphatic heterocycles. The van der Waals surface area contributed by atoms with Gasteiger partial charge in [-0.1, -0.05) is 374 Å². The van der Waals surface area contributed by atoms with Crippen molar-refractivity contribution in [1.29, 1.82) is 0 Å². The fourth-order valence-corrected chi connectivity index (χ4v) is 12.1. The van der Waals surface area contributed by atoms with Crippen LogP contribution in [0.25, 0.3) is 16.9 Å². The number of unbranched alkanes of at least 4 members (excludes halogenated alkanes) is 49. The summed E-state index contributed by atoms with van der Waals surface area (Å²) < 4.78 is 1.45. The number of benzene rings is 2. The zero-order valence-electron chi connectivity index (χ0n) is 56.6. The third-order valence-corrected chi connectivity index (χ3v) is 17.6. The summed E-state index contributed by atoms with van der Waals surface area (Å²) in [5.74, 6) is 0. The third-order valence-electron chi connectivity index (χ3n) is 17.6. The minimum absolute atomic E-state index is 0. The van der Waals surface area contributed by atoms with Gasteiger partial charge in [0.25, 0.3) is 0 Å². The Kier molecular flexibility index (Phi) is 63.2. The summed E-state index contributed by atoms with van der Waals surface area (Å²) >= 11 is 0. The van der Waals surface area contributed by atoms with Gasteiger partial charge in [0.2, 0.25) is 11.4 Å². The molecule has 0 saturated heterocycles. The quantitative estimate of drug-likeness (QED) is 0.0273. The van der Waals surface area contributed by atoms with Gasteiger partial charge in [-0.2, -0.15) is 12.8 Å². The third kappa shape index (κ3) is 48.8. The maximum absolute atomic E-state index is 11.4. The Morgan fingerprint density at radius 1 is 0.301 bits per heavy atom. The van der Waals surface area contributed by atoms with Crippen LogP contribution in [0.15, 0.2) is 60.2 Å². The second kappa shape index (κ2) is 64.7. The molecule has 0 aromatic heterocycles. The van der Waals surface area contributed by atoms with E-state index in [1.807, 2.05) is 0 Å². The molecule has 0 unspecified atom stereocenters. The minimum Gasteiger partial charge on any atom is -0.493 e. The Labute approximate surface area is 535 Å². The van der Waals surface area contributed by atoms with Gasteiger partial charge >= 0.3 is 20.4 Å². The van der Waals surface area contributed by atoms with Crippen LogP contribution >= 0.6 is 0 Å². The number of rotatable bonds is 57. The fraction of sp³-hybridized carbons (Fsp3) is 0.775. The van der Waals surface area contributed by atoms with E-state index in [-0.39, 0.29) is 20.4 Å². The molecule has 0 spiro atoms. The van der Waals surface area contributed by atoms with Crippen molar-refractivity contribution in [1.82, 2.24) is 0 Å². The Bertz CT molecular complexity index is 1630. The predicted molar refractivity (Wildman–Crippen MR) is 372 cm³/mol. The van der Waals surface area contributed by atoms with Crippen LogP contribution < -0.4 is 0 Å². The molecule has 0 atom stereocenters. The van der Waals surface area contributed by atoms with E-state index in [9.17, 15) is 5.53 Å². The van der Waals surface area contributed by atoms with Crippen molar-refractivity contribution in [2.24, 2.45) is 0 Å². The molecule has 2 aromatic rings. The molecular formula is C80H142N2Pd. The summed E-state index contributed by atoms with van der Waals surface area (Å²) in [6.07, 6.45) is 81.7. The number of allylic oxidation sites excluding steroid dienone is 2. The van der Waals surface area contributed by atoms with Gasteiger partial charge in [-0.05, 0) is 73.9 Å². The molecular weight excluding hydrogens is 1100 g/mol. The van der Waals surface area contributed by atoms with Gasteiger partial charge in [-0.15, -0.1) is 0 Å². The monoisotopic (exact) mass is 1240 g/mol. The van der Waals surface area contributed by atoms with E-state index in [1.165, 1.54) is 349 Å². The van der Waals surface area contributed by atoms with Crippen LogP contribution in [0.2, 0.25) is 0 Å². The molecule has 83 heavy (non-hydrogen) atoms. The maximum Gasteiger partial charge on any atom is 2.00 e. The van der Waals surface area contributed by atoms with Gasteiger partial charge in [-0.25, -0.2) is 4.70 Å². The first-order valence-electron chi connectivity index (χ1n) is 37.2. The molecule has 0 amide bonds. The molecule has 1 heterocycles. The largest absolute Gasteiger partial charge is 2.00 e. The first-order chi connectivity index (χ1) is 40.5. The summed E-state index contributed by atoms with van der Waals surface area (Å²) in [5.41, 5.74) is 19.4. The number of hydrogen-bond acceptors (Lipinski definition) is 0. The molecule has 0 saturated carbocycles. The summed E-state index contributed by atoms with van der Waals surface area (Å²) in [6.45, 7) is 19.1. The van der Waals surface area contributed by atoms with E-state index in [2.05, 4.69) is 103 Å². The fourth-order valence-electron chi connectivity index (χ4n) is 12.1. The van der Waals surface area contributed by atoms with Crippen molar-refractivity contribution in [3.63, 3.8) is 0 Å². The van der Waals surface area contributed by atoms with Crippen LogP contribution in [0, 0.1) is 13.8 Å². The smallest absolute Gasteiger partial charge is 0.493 e. The Morgan fingerprint density at radius 3 is 0.843 bits per heavy atom. The van der Waals surface area contributed by atoms with E-state index in [0.717, 1.165) is 61.0 Å². The number of nitrogens with zero attached hydrogens (tertiary/aromatic N) is 2.